The van der Waals surface area contributed by atoms with Crippen molar-refractivity contribution in [1.82, 2.24) is 15.2 Å². The van der Waals surface area contributed by atoms with E-state index in [1.165, 1.54) is 0 Å². The van der Waals surface area contributed by atoms with Crippen LogP contribution >= 0.6 is 35.3 Å². The number of carbonyl (C=O) groups is 1. The highest BCUT2D eigenvalue weighted by atomic mass is 127. The Morgan fingerprint density at radius 3 is 2.66 bits per heavy atom. The van der Waals surface area contributed by atoms with Gasteiger partial charge in [-0.25, -0.2) is 9.98 Å². The molecule has 0 unspecified atom stereocenters. The van der Waals surface area contributed by atoms with E-state index in [0.29, 0.717) is 13.2 Å². The number of halogens is 1. The van der Waals surface area contributed by atoms with Gasteiger partial charge in [-0.05, 0) is 26.7 Å². The van der Waals surface area contributed by atoms with Crippen LogP contribution in [0.25, 0.3) is 10.6 Å². The van der Waals surface area contributed by atoms with E-state index in [1.54, 1.807) is 11.3 Å². The fourth-order valence-corrected chi connectivity index (χ4v) is 4.08. The lowest BCUT2D eigenvalue weighted by atomic mass is 9.97. The fourth-order valence-electron chi connectivity index (χ4n) is 3.26. The molecule has 1 fully saturated rings. The predicted molar refractivity (Wildman–Crippen MR) is 129 cm³/mol. The lowest BCUT2D eigenvalue weighted by Gasteiger charge is -2.33. The average Bonchev–Trinajstić information content (AvgIpc) is 3.21. The van der Waals surface area contributed by atoms with Gasteiger partial charge in [-0.1, -0.05) is 30.3 Å². The molecule has 6 nitrogen and oxygen atoms in total. The first-order chi connectivity index (χ1) is 13.7. The van der Waals surface area contributed by atoms with Crippen LogP contribution in [0.15, 0.2) is 40.7 Å². The number of nitrogens with zero attached hydrogens (tertiary/aromatic N) is 3. The standard InChI is InChI=1S/C21H28N4O2S.HI/c1-3-22-21(25-12-10-17(11-13-25)20(26)27-4-2)23-14-18-15-28-19(24-18)16-8-6-5-7-9-16;/h5-9,15,17H,3-4,10-14H2,1-2H3,(H,22,23);1H. The zero-order valence-electron chi connectivity index (χ0n) is 17.0. The lowest BCUT2D eigenvalue weighted by Crippen LogP contribution is -2.46. The Hall–Kier alpha value is -1.68. The van der Waals surface area contributed by atoms with Gasteiger partial charge in [0.15, 0.2) is 5.96 Å². The van der Waals surface area contributed by atoms with Crippen molar-refractivity contribution < 1.29 is 9.53 Å². The molecule has 0 radical (unpaired) electrons. The molecule has 0 saturated carbocycles. The molecule has 3 rings (SSSR count). The summed E-state index contributed by atoms with van der Waals surface area (Å²) in [5, 5.41) is 6.46. The maximum absolute atomic E-state index is 11.9. The summed E-state index contributed by atoms with van der Waals surface area (Å²) in [6, 6.07) is 10.2. The van der Waals surface area contributed by atoms with Gasteiger partial charge in [-0.2, -0.15) is 0 Å². The minimum atomic E-state index is -0.0694. The van der Waals surface area contributed by atoms with E-state index < -0.39 is 0 Å². The van der Waals surface area contributed by atoms with Gasteiger partial charge < -0.3 is 15.0 Å². The van der Waals surface area contributed by atoms with Gasteiger partial charge in [0.05, 0.1) is 24.8 Å². The minimum absolute atomic E-state index is 0. The second kappa shape index (κ2) is 12.1. The Bertz CT molecular complexity index is 789. The number of aliphatic imine (C=N–C) groups is 1. The van der Waals surface area contributed by atoms with Gasteiger partial charge in [0.2, 0.25) is 0 Å². The monoisotopic (exact) mass is 528 g/mol. The van der Waals surface area contributed by atoms with E-state index in [0.717, 1.165) is 54.7 Å². The third-order valence-electron chi connectivity index (χ3n) is 4.71. The van der Waals surface area contributed by atoms with Crippen molar-refractivity contribution >= 4 is 47.2 Å². The number of guanidine groups is 1. The number of hydrogen-bond acceptors (Lipinski definition) is 5. The van der Waals surface area contributed by atoms with Crippen molar-refractivity contribution in [3.8, 4) is 10.6 Å². The summed E-state index contributed by atoms with van der Waals surface area (Å²) in [7, 11) is 0. The molecule has 1 aromatic carbocycles. The highest BCUT2D eigenvalue weighted by Crippen LogP contribution is 2.24. The summed E-state index contributed by atoms with van der Waals surface area (Å²) >= 11 is 1.65. The Morgan fingerprint density at radius 2 is 2.00 bits per heavy atom. The molecule has 1 aliphatic heterocycles. The average molecular weight is 528 g/mol. The molecule has 1 aromatic heterocycles. The van der Waals surface area contributed by atoms with E-state index in [9.17, 15) is 4.79 Å². The Balaban J connectivity index is 0.00000300. The van der Waals surface area contributed by atoms with Crippen LogP contribution in [0.1, 0.15) is 32.4 Å². The minimum Gasteiger partial charge on any atom is -0.466 e. The molecule has 0 bridgehead atoms. The lowest BCUT2D eigenvalue weighted by molar-refractivity contribution is -0.149. The topological polar surface area (TPSA) is 66.8 Å². The number of esters is 1. The fraction of sp³-hybridized carbons (Fsp3) is 0.476. The van der Waals surface area contributed by atoms with E-state index in [-0.39, 0.29) is 35.9 Å². The van der Waals surface area contributed by atoms with E-state index in [4.69, 9.17) is 14.7 Å². The van der Waals surface area contributed by atoms with Gasteiger partial charge in [0.25, 0.3) is 0 Å². The van der Waals surface area contributed by atoms with Gasteiger partial charge in [-0.3, -0.25) is 4.79 Å². The number of piperidine rings is 1. The predicted octanol–water partition coefficient (Wildman–Crippen LogP) is 4.17. The number of likely N-dealkylation sites (tertiary alicyclic amines) is 1. The number of aromatic nitrogens is 1. The van der Waals surface area contributed by atoms with E-state index >= 15 is 0 Å². The number of nitrogens with one attached hydrogen (secondary N) is 1. The molecule has 0 atom stereocenters. The molecule has 1 aliphatic rings. The molecule has 0 spiro atoms. The maximum atomic E-state index is 11.9. The molecule has 8 heteroatoms. The summed E-state index contributed by atoms with van der Waals surface area (Å²) < 4.78 is 5.16. The quantitative estimate of drug-likeness (QED) is 0.264. The number of benzene rings is 1. The van der Waals surface area contributed by atoms with Crippen LogP contribution in [-0.4, -0.2) is 48.1 Å². The third-order valence-corrected chi connectivity index (χ3v) is 5.65. The number of hydrogen-bond donors (Lipinski definition) is 1. The first-order valence-corrected chi connectivity index (χ1v) is 10.8. The van der Waals surface area contributed by atoms with Crippen molar-refractivity contribution in [1.29, 1.82) is 0 Å². The summed E-state index contributed by atoms with van der Waals surface area (Å²) in [4.78, 5) is 23.7. The van der Waals surface area contributed by atoms with E-state index in [2.05, 4.69) is 34.7 Å². The van der Waals surface area contributed by atoms with Crippen LogP contribution < -0.4 is 5.32 Å². The summed E-state index contributed by atoms with van der Waals surface area (Å²) in [5.41, 5.74) is 2.11. The van der Waals surface area contributed by atoms with Crippen molar-refractivity contribution in [2.24, 2.45) is 10.9 Å². The Kier molecular flexibility index (Phi) is 9.86. The zero-order chi connectivity index (χ0) is 19.8. The van der Waals surface area contributed by atoms with E-state index in [1.807, 2.05) is 25.1 Å². The molecule has 0 aliphatic carbocycles. The first-order valence-electron chi connectivity index (χ1n) is 9.91. The normalized spacial score (nSPS) is 15.0. The molecule has 1 saturated heterocycles. The second-order valence-corrected chi connectivity index (χ2v) is 7.55. The Labute approximate surface area is 193 Å². The molecule has 1 N–H and O–H groups in total. The second-order valence-electron chi connectivity index (χ2n) is 6.69. The van der Waals surface area contributed by atoms with Crippen LogP contribution in [0.5, 0.6) is 0 Å². The van der Waals surface area contributed by atoms with Crippen molar-refractivity contribution in [3.63, 3.8) is 0 Å². The molecule has 29 heavy (non-hydrogen) atoms. The number of thiazole rings is 1. The molecular weight excluding hydrogens is 499 g/mol. The van der Waals surface area contributed by atoms with Crippen LogP contribution in [0, 0.1) is 5.92 Å². The highest BCUT2D eigenvalue weighted by Gasteiger charge is 2.27. The zero-order valence-corrected chi connectivity index (χ0v) is 20.1. The van der Waals surface area contributed by atoms with Crippen molar-refractivity contribution in [2.75, 3.05) is 26.2 Å². The summed E-state index contributed by atoms with van der Waals surface area (Å²) in [5.74, 6) is 0.824. The van der Waals surface area contributed by atoms with Gasteiger partial charge in [0.1, 0.15) is 5.01 Å². The van der Waals surface area contributed by atoms with Gasteiger partial charge in [0, 0.05) is 30.6 Å². The maximum Gasteiger partial charge on any atom is 0.309 e. The summed E-state index contributed by atoms with van der Waals surface area (Å²) in [6.07, 6.45) is 1.61. The molecule has 158 valence electrons. The third kappa shape index (κ3) is 6.67. The summed E-state index contributed by atoms with van der Waals surface area (Å²) in [6.45, 7) is 7.33. The van der Waals surface area contributed by atoms with Gasteiger partial charge in [-0.15, -0.1) is 35.3 Å². The smallest absolute Gasteiger partial charge is 0.309 e. The van der Waals surface area contributed by atoms with Crippen molar-refractivity contribution in [3.05, 3.63) is 41.4 Å². The number of rotatable bonds is 6. The SMILES string of the molecule is CCNC(=NCc1csc(-c2ccccc2)n1)N1CCC(C(=O)OCC)CC1.I. The van der Waals surface area contributed by atoms with Crippen molar-refractivity contribution in [2.45, 2.75) is 33.2 Å². The van der Waals surface area contributed by atoms with Crippen LogP contribution in [-0.2, 0) is 16.1 Å². The van der Waals surface area contributed by atoms with Gasteiger partial charge >= 0.3 is 5.97 Å². The number of carbonyl (C=O) groups excluding carboxylic acids is 1. The molecular formula is C21H29IN4O2S. The van der Waals surface area contributed by atoms with Crippen LogP contribution in [0.2, 0.25) is 0 Å². The molecule has 0 amide bonds. The molecule has 2 aromatic rings. The first kappa shape index (κ1) is 23.6. The van der Waals surface area contributed by atoms with Crippen LogP contribution in [0.4, 0.5) is 0 Å². The Morgan fingerprint density at radius 1 is 1.28 bits per heavy atom. The number of ether oxygens (including phenoxy) is 1. The largest absolute Gasteiger partial charge is 0.466 e. The highest BCUT2D eigenvalue weighted by molar-refractivity contribution is 14.0. The van der Waals surface area contributed by atoms with Crippen LogP contribution in [0.3, 0.4) is 0 Å². The molecule has 2 heterocycles.